The fourth-order valence-corrected chi connectivity index (χ4v) is 8.18. The number of rotatable bonds is 11. The maximum Gasteiger partial charge on any atom is 0.414 e. The van der Waals surface area contributed by atoms with E-state index in [9.17, 15) is 19.9 Å². The van der Waals surface area contributed by atoms with Crippen molar-refractivity contribution in [2.24, 2.45) is 5.92 Å². The molecule has 5 heterocycles. The molecule has 0 spiro atoms. The lowest BCUT2D eigenvalue weighted by molar-refractivity contribution is -0.904. The number of methoxy groups -OCH3 is 2. The summed E-state index contributed by atoms with van der Waals surface area (Å²) in [7, 11) is 3.06. The summed E-state index contributed by atoms with van der Waals surface area (Å²) in [6.07, 6.45) is 5.96. The number of anilines is 1. The molecular weight excluding hydrogens is 707 g/mol. The Morgan fingerprint density at radius 2 is 1.75 bits per heavy atom. The van der Waals surface area contributed by atoms with Gasteiger partial charge in [0.05, 0.1) is 37.5 Å². The van der Waals surface area contributed by atoms with Crippen LogP contribution in [0.15, 0.2) is 79.3 Å². The normalized spacial score (nSPS) is 18.6. The van der Waals surface area contributed by atoms with Crippen molar-refractivity contribution in [1.82, 2.24) is 9.88 Å². The third-order valence-electron chi connectivity index (χ3n) is 10.3. The van der Waals surface area contributed by atoms with Crippen molar-refractivity contribution in [1.29, 1.82) is 0 Å². The Morgan fingerprint density at radius 3 is 2.42 bits per heavy atom. The Bertz CT molecular complexity index is 2110. The molecule has 0 saturated carbocycles. The number of aromatic nitrogens is 2. The highest BCUT2D eigenvalue weighted by atomic mass is 35.5. The van der Waals surface area contributed by atoms with Gasteiger partial charge in [-0.2, -0.15) is 0 Å². The predicted molar refractivity (Wildman–Crippen MR) is 196 cm³/mol. The average molecular weight is 747 g/mol. The van der Waals surface area contributed by atoms with Crippen LogP contribution in [0.1, 0.15) is 51.4 Å². The molecule has 11 nitrogen and oxygen atoms in total. The number of carbonyl (C=O) groups is 2. The van der Waals surface area contributed by atoms with E-state index in [0.717, 1.165) is 41.6 Å². The first-order valence-electron chi connectivity index (χ1n) is 17.1. The van der Waals surface area contributed by atoms with Gasteiger partial charge in [0, 0.05) is 34.3 Å². The van der Waals surface area contributed by atoms with E-state index in [1.165, 1.54) is 26.6 Å². The monoisotopic (exact) mass is 745 g/mol. The zero-order valence-electron chi connectivity index (χ0n) is 28.7. The number of carbonyl (C=O) groups excluding carboxylic acids is 1. The van der Waals surface area contributed by atoms with Crippen LogP contribution >= 0.6 is 23.2 Å². The first-order valence-corrected chi connectivity index (χ1v) is 17.8. The van der Waals surface area contributed by atoms with E-state index in [1.54, 1.807) is 29.2 Å². The molecule has 0 aliphatic carbocycles. The number of aromatic carboxylic acids is 1. The number of hydrogen-bond acceptors (Lipinski definition) is 7. The van der Waals surface area contributed by atoms with Crippen molar-refractivity contribution < 1.29 is 38.8 Å². The van der Waals surface area contributed by atoms with Crippen LogP contribution in [0.4, 0.5) is 10.5 Å². The molecule has 3 fully saturated rings. The molecule has 2 bridgehead atoms. The number of ether oxygens (including phenoxy) is 3. The molecule has 0 unspecified atom stereocenters. The van der Waals surface area contributed by atoms with E-state index in [1.807, 2.05) is 42.6 Å². The van der Waals surface area contributed by atoms with E-state index < -0.39 is 18.0 Å². The Balaban J connectivity index is 1.32. The molecule has 3 aliphatic heterocycles. The molecule has 3 N–H and O–H groups in total. The Labute approximate surface area is 310 Å². The number of H-pyrrole nitrogens is 1. The van der Waals surface area contributed by atoms with Crippen LogP contribution in [0.3, 0.4) is 0 Å². The molecular formula is C39H39Cl2N4O7+. The second-order valence-electron chi connectivity index (χ2n) is 13.3. The van der Waals surface area contributed by atoms with E-state index in [-0.39, 0.29) is 34.7 Å². The number of fused-ring (bicyclic) bond motifs is 4. The number of hydrogen-bond donors (Lipinski definition) is 3. The van der Waals surface area contributed by atoms with Gasteiger partial charge in [0.2, 0.25) is 12.4 Å². The van der Waals surface area contributed by atoms with Crippen LogP contribution in [-0.2, 0) is 17.7 Å². The summed E-state index contributed by atoms with van der Waals surface area (Å²) in [5.74, 6) is -0.463. The molecule has 3 aliphatic rings. The molecule has 270 valence electrons. The van der Waals surface area contributed by atoms with Crippen LogP contribution < -0.4 is 19.1 Å². The van der Waals surface area contributed by atoms with Gasteiger partial charge in [-0.15, -0.1) is 0 Å². The number of carboxylic acids is 1. The predicted octanol–water partition coefficient (Wildman–Crippen LogP) is 7.33. The van der Waals surface area contributed by atoms with Crippen LogP contribution in [0, 0.1) is 5.92 Å². The van der Waals surface area contributed by atoms with Gasteiger partial charge in [-0.3, -0.25) is 15.0 Å². The van der Waals surface area contributed by atoms with Crippen molar-refractivity contribution in [2.75, 3.05) is 38.8 Å². The summed E-state index contributed by atoms with van der Waals surface area (Å²) in [6.45, 7) is 2.84. The van der Waals surface area contributed by atoms with Crippen LogP contribution in [0.5, 0.6) is 11.5 Å². The number of benzene rings is 3. The smallest absolute Gasteiger partial charge is 0.414 e. The number of pyridine rings is 1. The van der Waals surface area contributed by atoms with Gasteiger partial charge in [-0.25, -0.2) is 9.59 Å². The lowest BCUT2D eigenvalue weighted by atomic mass is 9.82. The van der Waals surface area contributed by atoms with Crippen LogP contribution in [-0.4, -0.2) is 72.2 Å². The summed E-state index contributed by atoms with van der Waals surface area (Å²) >= 11 is 13.2. The molecule has 13 heteroatoms. The average Bonchev–Trinajstić information content (AvgIpc) is 3.63. The van der Waals surface area contributed by atoms with Gasteiger partial charge in [-0.05, 0) is 85.3 Å². The third-order valence-corrected chi connectivity index (χ3v) is 10.9. The number of halogens is 2. The Hall–Kier alpha value is -4.97. The first-order chi connectivity index (χ1) is 25.1. The second kappa shape index (κ2) is 14.9. The van der Waals surface area contributed by atoms with Crippen LogP contribution in [0.25, 0.3) is 10.9 Å². The standard InChI is InChI=1S/C39H38Cl2N4O7/c1-50-34-9-7-26(17-35(34)51-2)28(18-30-31(40)20-44(49)21-32(30)41)29-16-23(6-8-27(29)38(46)47)19-45(33-5-3-4-25-10-13-42-37(25)33)39(48)52-36-22-43-14-11-24(36)12-15-43/h3-10,13,16-17,20-21,24,28,36,42H,11-12,14-15,18-19,22H2,1-2H3,(H-,46,47,49)/p+1/t28-,36-/m0/s1. The number of piperidine rings is 3. The maximum atomic E-state index is 14.2. The summed E-state index contributed by atoms with van der Waals surface area (Å²) in [4.78, 5) is 34.3. The zero-order valence-corrected chi connectivity index (χ0v) is 30.2. The summed E-state index contributed by atoms with van der Waals surface area (Å²) in [6, 6.07) is 18.2. The highest BCUT2D eigenvalue weighted by Crippen LogP contribution is 2.40. The van der Waals surface area contributed by atoms with Gasteiger partial charge in [0.25, 0.3) is 0 Å². The summed E-state index contributed by atoms with van der Waals surface area (Å²) in [5.41, 5.74) is 3.86. The number of amides is 1. The first kappa shape index (κ1) is 35.4. The Kier molecular flexibility index (Phi) is 10.2. The van der Waals surface area contributed by atoms with Crippen molar-refractivity contribution >= 4 is 51.9 Å². The lowest BCUT2D eigenvalue weighted by Gasteiger charge is -2.44. The van der Waals surface area contributed by atoms with Crippen molar-refractivity contribution in [3.8, 4) is 11.5 Å². The SMILES string of the molecule is COc1ccc([C@H](Cc2c(Cl)c[n+](O)cc2Cl)c2cc(CN(C(=O)O[C@H]3CN4CCC3CC4)c3cccc4cc[nH]c34)ccc2C(=O)O)cc1OC. The van der Waals surface area contributed by atoms with E-state index in [4.69, 9.17) is 37.4 Å². The third kappa shape index (κ3) is 7.08. The van der Waals surface area contributed by atoms with E-state index >= 15 is 0 Å². The van der Waals surface area contributed by atoms with Gasteiger partial charge < -0.3 is 24.3 Å². The summed E-state index contributed by atoms with van der Waals surface area (Å²) < 4.78 is 18.2. The molecule has 3 saturated heterocycles. The molecule has 5 aromatic rings. The van der Waals surface area contributed by atoms with Crippen LogP contribution in [0.2, 0.25) is 10.0 Å². The van der Waals surface area contributed by atoms with Crippen molar-refractivity contribution in [2.45, 2.75) is 37.8 Å². The highest BCUT2D eigenvalue weighted by Gasteiger charge is 2.38. The topological polar surface area (TPSA) is 128 Å². The van der Waals surface area contributed by atoms with Gasteiger partial charge >= 0.3 is 12.1 Å². The Morgan fingerprint density at radius 1 is 1.00 bits per heavy atom. The number of carboxylic acid groups (broad SMARTS) is 1. The van der Waals surface area contributed by atoms with E-state index in [2.05, 4.69) is 9.88 Å². The minimum Gasteiger partial charge on any atom is -0.493 e. The molecule has 0 radical (unpaired) electrons. The lowest BCUT2D eigenvalue weighted by Crippen LogP contribution is -2.53. The zero-order chi connectivity index (χ0) is 36.5. The van der Waals surface area contributed by atoms with Gasteiger partial charge in [0.15, 0.2) is 11.5 Å². The molecule has 3 aromatic carbocycles. The minimum atomic E-state index is -1.12. The largest absolute Gasteiger partial charge is 0.493 e. The quantitative estimate of drug-likeness (QED) is 0.0948. The number of nitrogens with one attached hydrogen (secondary N) is 1. The molecule has 52 heavy (non-hydrogen) atoms. The number of para-hydroxylation sites is 1. The fourth-order valence-electron chi connectivity index (χ4n) is 7.57. The van der Waals surface area contributed by atoms with Crippen molar-refractivity contribution in [3.63, 3.8) is 0 Å². The van der Waals surface area contributed by atoms with E-state index in [0.29, 0.717) is 51.9 Å². The van der Waals surface area contributed by atoms with Crippen molar-refractivity contribution in [3.05, 3.63) is 117 Å². The van der Waals surface area contributed by atoms with Gasteiger partial charge in [-0.1, -0.05) is 53.5 Å². The highest BCUT2D eigenvalue weighted by molar-refractivity contribution is 6.35. The molecule has 2 atom stereocenters. The number of nitrogens with zero attached hydrogens (tertiary/aromatic N) is 3. The molecule has 8 rings (SSSR count). The fraction of sp³-hybridized carbons (Fsp3) is 0.308. The molecule has 2 aromatic heterocycles. The second-order valence-corrected chi connectivity index (χ2v) is 14.1. The molecule has 1 amide bonds. The maximum absolute atomic E-state index is 14.2. The number of aromatic amines is 1. The minimum absolute atomic E-state index is 0.0665. The van der Waals surface area contributed by atoms with Gasteiger partial charge in [0.1, 0.15) is 16.1 Å². The summed E-state index contributed by atoms with van der Waals surface area (Å²) in [5, 5.41) is 21.9.